The number of aromatic nitrogens is 1. The van der Waals surface area contributed by atoms with Crippen molar-refractivity contribution in [3.63, 3.8) is 0 Å². The predicted molar refractivity (Wildman–Crippen MR) is 134 cm³/mol. The number of thiazole rings is 1. The standard InChI is InChI=1S/C26H24N4OS2.ClH.HI/c1-2-24(31)27-30-18-11-13-28-20-7-3-5-9-22(20)32-25(28)16(18)15-17-19(30)12-14-29-21-8-4-6-10-23(21)33-26(17)29;;/h3-10,15,18-19H,2,11-14H2,1H3;2*1H/p-1. The van der Waals surface area contributed by atoms with E-state index in [-0.39, 0.29) is 54.4 Å². The molecule has 9 heteroatoms. The number of aryl methyl sites for hydroxylation is 1. The van der Waals surface area contributed by atoms with Crippen molar-refractivity contribution in [1.29, 1.82) is 0 Å². The first-order chi connectivity index (χ1) is 16.2. The van der Waals surface area contributed by atoms with E-state index in [0.717, 1.165) is 25.9 Å². The summed E-state index contributed by atoms with van der Waals surface area (Å²) >= 11 is 3.75. The predicted octanol–water partition coefficient (Wildman–Crippen LogP) is -1.29. The Morgan fingerprint density at radius 3 is 2.77 bits per heavy atom. The van der Waals surface area contributed by atoms with E-state index in [1.165, 1.54) is 42.0 Å². The Kier molecular flexibility index (Phi) is 6.95. The Labute approximate surface area is 236 Å². The number of hydrogen-bond acceptors (Lipinski definition) is 5. The minimum Gasteiger partial charge on any atom is -1.00 e. The highest BCUT2D eigenvalue weighted by atomic mass is 127. The summed E-state index contributed by atoms with van der Waals surface area (Å²) in [5.74, 6) is 0.0974. The molecule has 0 fully saturated rings. The lowest BCUT2D eigenvalue weighted by atomic mass is 9.86. The molecule has 2 atom stereocenters. The topological polar surface area (TPSA) is 39.5 Å². The van der Waals surface area contributed by atoms with Gasteiger partial charge in [0.2, 0.25) is 11.4 Å². The van der Waals surface area contributed by atoms with Crippen molar-refractivity contribution >= 4 is 50.5 Å². The molecule has 1 amide bonds. The van der Waals surface area contributed by atoms with E-state index in [4.69, 9.17) is 0 Å². The molecule has 35 heavy (non-hydrogen) atoms. The normalized spacial score (nSPS) is 22.1. The third kappa shape index (κ3) is 3.83. The molecule has 0 aliphatic carbocycles. The number of amides is 1. The minimum absolute atomic E-state index is 0. The number of fused-ring (bicyclic) bond motifs is 9. The Hall–Kier alpha value is -1.59. The van der Waals surface area contributed by atoms with E-state index in [0.29, 0.717) is 6.42 Å². The van der Waals surface area contributed by atoms with Crippen LogP contribution in [0.5, 0.6) is 0 Å². The molecule has 4 aliphatic rings. The molecule has 4 aliphatic heterocycles. The smallest absolute Gasteiger partial charge is 0.267 e. The zero-order valence-electron chi connectivity index (χ0n) is 19.2. The highest BCUT2D eigenvalue weighted by Crippen LogP contribution is 2.52. The summed E-state index contributed by atoms with van der Waals surface area (Å²) in [6.07, 6.45) is 4.97. The summed E-state index contributed by atoms with van der Waals surface area (Å²) < 4.78 is 3.80. The molecule has 1 N–H and O–H groups in total. The average Bonchev–Trinajstić information content (AvgIpc) is 3.42. The molecule has 0 bridgehead atoms. The van der Waals surface area contributed by atoms with Crippen molar-refractivity contribution in [1.82, 2.24) is 10.4 Å². The maximum Gasteiger partial charge on any atom is 0.267 e. The molecule has 3 aromatic rings. The van der Waals surface area contributed by atoms with Gasteiger partial charge in [-0.1, -0.05) is 54.3 Å². The molecule has 5 nitrogen and oxygen atoms in total. The summed E-state index contributed by atoms with van der Waals surface area (Å²) in [5, 5.41) is 4.96. The molecule has 2 unspecified atom stereocenters. The second-order valence-corrected chi connectivity index (χ2v) is 11.1. The van der Waals surface area contributed by atoms with Crippen LogP contribution in [0.15, 0.2) is 70.1 Å². The molecular weight excluding hydrogens is 611 g/mol. The van der Waals surface area contributed by atoms with Crippen molar-refractivity contribution < 1.29 is 45.7 Å². The van der Waals surface area contributed by atoms with Gasteiger partial charge in [0.25, 0.3) is 5.01 Å². The number of nitrogens with one attached hydrogen (secondary N) is 1. The molecule has 1 aromatic heterocycles. The van der Waals surface area contributed by atoms with Crippen LogP contribution in [0.25, 0.3) is 15.8 Å². The SMILES string of the molecule is CCC(=O)NN1C2CC[n+]3c(sc4ccccc43)C2=CC2=C3Sc4ccccc4N3CCC21.[Cl-].[I-]. The van der Waals surface area contributed by atoms with Gasteiger partial charge in [-0.25, -0.2) is 5.01 Å². The van der Waals surface area contributed by atoms with Crippen LogP contribution in [0.2, 0.25) is 0 Å². The van der Waals surface area contributed by atoms with Gasteiger partial charge in [-0.05, 0) is 30.7 Å². The number of carbonyl (C=O) groups excluding carboxylic acids is 1. The van der Waals surface area contributed by atoms with Gasteiger partial charge in [0.15, 0.2) is 6.54 Å². The van der Waals surface area contributed by atoms with Crippen molar-refractivity contribution in [2.24, 2.45) is 0 Å². The maximum atomic E-state index is 12.6. The van der Waals surface area contributed by atoms with E-state index in [9.17, 15) is 4.79 Å². The largest absolute Gasteiger partial charge is 1.00 e. The monoisotopic (exact) mass is 635 g/mol. The Morgan fingerprint density at radius 2 is 1.91 bits per heavy atom. The fourth-order valence-electron chi connectivity index (χ4n) is 5.70. The Morgan fingerprint density at radius 1 is 1.11 bits per heavy atom. The van der Waals surface area contributed by atoms with E-state index in [2.05, 4.69) is 74.5 Å². The summed E-state index contributed by atoms with van der Waals surface area (Å²) in [4.78, 5) is 16.4. The van der Waals surface area contributed by atoms with E-state index in [1.807, 2.05) is 30.0 Å². The van der Waals surface area contributed by atoms with Gasteiger partial charge in [0, 0.05) is 35.9 Å². The summed E-state index contributed by atoms with van der Waals surface area (Å²) in [5.41, 5.74) is 8.63. The number of thioether (sulfide) groups is 1. The average molecular weight is 636 g/mol. The molecule has 182 valence electrons. The summed E-state index contributed by atoms with van der Waals surface area (Å²) in [7, 11) is 0. The molecule has 0 saturated carbocycles. The fraction of sp³-hybridized carbons (Fsp3) is 0.308. The van der Waals surface area contributed by atoms with E-state index < -0.39 is 0 Å². The van der Waals surface area contributed by atoms with Gasteiger partial charge in [0.05, 0.1) is 28.4 Å². The first-order valence-corrected chi connectivity index (χ1v) is 13.4. The van der Waals surface area contributed by atoms with E-state index in [1.54, 1.807) is 0 Å². The molecular formula is C26H25ClIN4OS2-. The van der Waals surface area contributed by atoms with Crippen LogP contribution in [0, 0.1) is 0 Å². The Bertz CT molecular complexity index is 1390. The first-order valence-electron chi connectivity index (χ1n) is 11.7. The number of para-hydroxylation sites is 2. The lowest BCUT2D eigenvalue weighted by molar-refractivity contribution is -0.673. The number of carbonyl (C=O) groups is 1. The summed E-state index contributed by atoms with van der Waals surface area (Å²) in [6.45, 7) is 3.89. The van der Waals surface area contributed by atoms with Gasteiger partial charge in [0.1, 0.15) is 4.70 Å². The number of benzene rings is 2. The zero-order chi connectivity index (χ0) is 22.1. The zero-order valence-corrected chi connectivity index (χ0v) is 23.8. The number of nitrogens with zero attached hydrogens (tertiary/aromatic N) is 3. The third-order valence-electron chi connectivity index (χ3n) is 7.24. The second-order valence-electron chi connectivity index (χ2n) is 9.01. The van der Waals surface area contributed by atoms with Gasteiger partial charge in [-0.3, -0.25) is 10.2 Å². The third-order valence-corrected chi connectivity index (χ3v) is 9.67. The lowest BCUT2D eigenvalue weighted by Crippen LogP contribution is -3.00. The van der Waals surface area contributed by atoms with Crippen LogP contribution in [-0.2, 0) is 11.3 Å². The van der Waals surface area contributed by atoms with Crippen LogP contribution in [0.4, 0.5) is 5.69 Å². The molecule has 0 saturated heterocycles. The van der Waals surface area contributed by atoms with Gasteiger partial charge < -0.3 is 41.3 Å². The van der Waals surface area contributed by atoms with Gasteiger partial charge in [-0.15, -0.1) is 0 Å². The number of rotatable bonds is 2. The quantitative estimate of drug-likeness (QED) is 0.281. The van der Waals surface area contributed by atoms with Crippen LogP contribution < -0.4 is 51.3 Å². The number of hydrogen-bond donors (Lipinski definition) is 1. The highest BCUT2D eigenvalue weighted by molar-refractivity contribution is 8.03. The van der Waals surface area contributed by atoms with Crippen LogP contribution in [-0.4, -0.2) is 29.5 Å². The highest BCUT2D eigenvalue weighted by Gasteiger charge is 2.47. The van der Waals surface area contributed by atoms with Gasteiger partial charge >= 0.3 is 0 Å². The van der Waals surface area contributed by atoms with Crippen LogP contribution >= 0.6 is 23.1 Å². The number of hydrazine groups is 1. The minimum atomic E-state index is 0. The fourth-order valence-corrected chi connectivity index (χ4v) is 8.20. The first kappa shape index (κ1) is 25.1. The van der Waals surface area contributed by atoms with Crippen molar-refractivity contribution in [3.8, 4) is 0 Å². The lowest BCUT2D eigenvalue weighted by Gasteiger charge is -2.46. The van der Waals surface area contributed by atoms with Crippen molar-refractivity contribution in [2.75, 3.05) is 11.4 Å². The summed E-state index contributed by atoms with van der Waals surface area (Å²) in [6, 6.07) is 17.8. The van der Waals surface area contributed by atoms with Gasteiger partial charge in [-0.2, -0.15) is 4.57 Å². The molecule has 2 aromatic carbocycles. The number of halogens is 2. The molecule has 0 radical (unpaired) electrons. The van der Waals surface area contributed by atoms with Crippen LogP contribution in [0.1, 0.15) is 31.2 Å². The van der Waals surface area contributed by atoms with E-state index >= 15 is 0 Å². The van der Waals surface area contributed by atoms with Crippen LogP contribution in [0.3, 0.4) is 0 Å². The molecule has 0 spiro atoms. The molecule has 7 rings (SSSR count). The van der Waals surface area contributed by atoms with Crippen molar-refractivity contribution in [3.05, 3.63) is 70.2 Å². The van der Waals surface area contributed by atoms with Crippen molar-refractivity contribution in [2.45, 2.75) is 49.7 Å². The second kappa shape index (κ2) is 9.70. The molecule has 5 heterocycles. The maximum absolute atomic E-state index is 12.6. The number of anilines is 1. The Balaban J connectivity index is 0.00000127.